The summed E-state index contributed by atoms with van der Waals surface area (Å²) in [5, 5.41) is 6.22. The van der Waals surface area contributed by atoms with Crippen molar-refractivity contribution in [2.75, 3.05) is 10.6 Å². The predicted molar refractivity (Wildman–Crippen MR) is 91.1 cm³/mol. The fraction of sp³-hybridized carbons (Fsp3) is 0. The summed E-state index contributed by atoms with van der Waals surface area (Å²) in [6, 6.07) is 12.6. The third-order valence-electron chi connectivity index (χ3n) is 3.10. The van der Waals surface area contributed by atoms with Gasteiger partial charge in [-0.1, -0.05) is 17.7 Å². The molecule has 0 aliphatic carbocycles. The van der Waals surface area contributed by atoms with E-state index in [4.69, 9.17) is 11.6 Å². The van der Waals surface area contributed by atoms with Crippen LogP contribution in [0.1, 0.15) is 10.4 Å². The van der Waals surface area contributed by atoms with Crippen molar-refractivity contribution >= 4 is 34.8 Å². The minimum atomic E-state index is -0.379. The fourth-order valence-electron chi connectivity index (χ4n) is 1.94. The summed E-state index contributed by atoms with van der Waals surface area (Å²) in [7, 11) is 0. The average Bonchev–Trinajstić information content (AvgIpc) is 2.57. The molecule has 120 valence electrons. The molecule has 0 radical (unpaired) electrons. The smallest absolute Gasteiger partial charge is 0.258 e. The number of halogens is 2. The topological polar surface area (TPSA) is 66.9 Å². The van der Waals surface area contributed by atoms with Crippen LogP contribution in [0.5, 0.6) is 0 Å². The largest absolute Gasteiger partial charge is 0.324 e. The summed E-state index contributed by atoms with van der Waals surface area (Å²) in [4.78, 5) is 20.3. The van der Waals surface area contributed by atoms with Crippen molar-refractivity contribution in [1.82, 2.24) is 9.97 Å². The molecule has 1 aromatic heterocycles. The average molecular weight is 343 g/mol. The second-order valence-corrected chi connectivity index (χ2v) is 5.33. The van der Waals surface area contributed by atoms with Crippen LogP contribution in [0.2, 0.25) is 5.02 Å². The Morgan fingerprint density at radius 1 is 1.00 bits per heavy atom. The van der Waals surface area contributed by atoms with Crippen LogP contribution in [0.25, 0.3) is 0 Å². The van der Waals surface area contributed by atoms with Crippen molar-refractivity contribution in [3.63, 3.8) is 0 Å². The zero-order chi connectivity index (χ0) is 16.9. The van der Waals surface area contributed by atoms with Gasteiger partial charge in [0.05, 0.1) is 5.56 Å². The minimum absolute atomic E-state index is 0.288. The van der Waals surface area contributed by atoms with E-state index in [2.05, 4.69) is 20.6 Å². The first kappa shape index (κ1) is 15.9. The van der Waals surface area contributed by atoms with Gasteiger partial charge in [0, 0.05) is 28.8 Å². The van der Waals surface area contributed by atoms with E-state index in [1.807, 2.05) is 6.07 Å². The molecule has 0 saturated carbocycles. The van der Waals surface area contributed by atoms with Gasteiger partial charge in [-0.05, 0) is 42.5 Å². The standard InChI is InChI=1S/C17H12ClFN4O/c18-12-2-1-3-15(8-12)23-17-20-9-11(10-21-17)16(24)22-14-6-4-13(19)5-7-14/h1-10H,(H,22,24)(H,20,21,23). The SMILES string of the molecule is O=C(Nc1ccc(F)cc1)c1cnc(Nc2cccc(Cl)c2)nc1. The number of hydrogen-bond acceptors (Lipinski definition) is 4. The Hall–Kier alpha value is -2.99. The van der Waals surface area contributed by atoms with E-state index in [1.54, 1.807) is 18.2 Å². The molecule has 24 heavy (non-hydrogen) atoms. The summed E-state index contributed by atoms with van der Waals surface area (Å²) >= 11 is 5.91. The van der Waals surface area contributed by atoms with Crippen LogP contribution in [0.4, 0.5) is 21.7 Å². The molecule has 3 rings (SSSR count). The van der Waals surface area contributed by atoms with Crippen LogP contribution in [-0.4, -0.2) is 15.9 Å². The van der Waals surface area contributed by atoms with Gasteiger partial charge in [-0.25, -0.2) is 14.4 Å². The van der Waals surface area contributed by atoms with E-state index in [9.17, 15) is 9.18 Å². The van der Waals surface area contributed by atoms with Crippen LogP contribution >= 0.6 is 11.6 Å². The van der Waals surface area contributed by atoms with E-state index in [-0.39, 0.29) is 17.3 Å². The van der Waals surface area contributed by atoms with Gasteiger partial charge in [0.15, 0.2) is 0 Å². The van der Waals surface area contributed by atoms with E-state index in [0.717, 1.165) is 5.69 Å². The molecule has 2 aromatic carbocycles. The Bertz CT molecular complexity index is 853. The van der Waals surface area contributed by atoms with Gasteiger partial charge >= 0.3 is 0 Å². The van der Waals surface area contributed by atoms with Crippen molar-refractivity contribution < 1.29 is 9.18 Å². The van der Waals surface area contributed by atoms with Crippen LogP contribution in [0.3, 0.4) is 0 Å². The zero-order valence-corrected chi connectivity index (χ0v) is 13.1. The predicted octanol–water partition coefficient (Wildman–Crippen LogP) is 4.27. The number of nitrogens with one attached hydrogen (secondary N) is 2. The van der Waals surface area contributed by atoms with Crippen LogP contribution in [-0.2, 0) is 0 Å². The van der Waals surface area contributed by atoms with Crippen molar-refractivity contribution in [3.8, 4) is 0 Å². The second-order valence-electron chi connectivity index (χ2n) is 4.89. The van der Waals surface area contributed by atoms with Gasteiger partial charge in [0.1, 0.15) is 5.82 Å². The summed E-state index contributed by atoms with van der Waals surface area (Å²) in [6.07, 6.45) is 2.80. The maximum absolute atomic E-state index is 12.8. The molecule has 7 heteroatoms. The number of rotatable bonds is 4. The number of hydrogen-bond donors (Lipinski definition) is 2. The fourth-order valence-corrected chi connectivity index (χ4v) is 2.13. The summed E-state index contributed by atoms with van der Waals surface area (Å²) in [5.41, 5.74) is 1.52. The van der Waals surface area contributed by atoms with Crippen LogP contribution < -0.4 is 10.6 Å². The maximum atomic E-state index is 12.8. The van der Waals surface area contributed by atoms with E-state index in [0.29, 0.717) is 16.7 Å². The molecule has 5 nitrogen and oxygen atoms in total. The van der Waals surface area contributed by atoms with Gasteiger partial charge < -0.3 is 10.6 Å². The summed E-state index contributed by atoms with van der Waals surface area (Å²) < 4.78 is 12.8. The molecule has 2 N–H and O–H groups in total. The Balaban J connectivity index is 1.67. The zero-order valence-electron chi connectivity index (χ0n) is 12.3. The molecule has 1 heterocycles. The molecule has 0 unspecified atom stereocenters. The lowest BCUT2D eigenvalue weighted by atomic mass is 10.2. The first-order valence-electron chi connectivity index (χ1n) is 7.02. The first-order chi connectivity index (χ1) is 11.6. The normalized spacial score (nSPS) is 10.2. The number of anilines is 3. The molecule has 0 bridgehead atoms. The third-order valence-corrected chi connectivity index (χ3v) is 3.33. The van der Waals surface area contributed by atoms with Gasteiger partial charge in [-0.3, -0.25) is 4.79 Å². The number of carbonyl (C=O) groups excluding carboxylic acids is 1. The van der Waals surface area contributed by atoms with Gasteiger partial charge in [0.25, 0.3) is 5.91 Å². The molecular formula is C17H12ClFN4O. The molecule has 0 spiro atoms. The van der Waals surface area contributed by atoms with E-state index >= 15 is 0 Å². The quantitative estimate of drug-likeness (QED) is 0.743. The lowest BCUT2D eigenvalue weighted by Gasteiger charge is -2.07. The highest BCUT2D eigenvalue weighted by Crippen LogP contribution is 2.18. The first-order valence-corrected chi connectivity index (χ1v) is 7.39. The Labute approximate surface area is 142 Å². The van der Waals surface area contributed by atoms with Crippen LogP contribution in [0.15, 0.2) is 60.9 Å². The number of amides is 1. The Morgan fingerprint density at radius 2 is 1.71 bits per heavy atom. The number of carbonyl (C=O) groups is 1. The Kier molecular flexibility index (Phi) is 4.67. The highest BCUT2D eigenvalue weighted by Gasteiger charge is 2.08. The van der Waals surface area contributed by atoms with Crippen molar-refractivity contribution in [2.24, 2.45) is 0 Å². The molecule has 0 saturated heterocycles. The number of nitrogens with zero attached hydrogens (tertiary/aromatic N) is 2. The van der Waals surface area contributed by atoms with E-state index in [1.165, 1.54) is 36.7 Å². The third kappa shape index (κ3) is 4.05. The van der Waals surface area contributed by atoms with Gasteiger partial charge in [-0.2, -0.15) is 0 Å². The van der Waals surface area contributed by atoms with Crippen molar-refractivity contribution in [2.45, 2.75) is 0 Å². The highest BCUT2D eigenvalue weighted by molar-refractivity contribution is 6.30. The molecule has 0 aliphatic rings. The van der Waals surface area contributed by atoms with Crippen molar-refractivity contribution in [1.29, 1.82) is 0 Å². The maximum Gasteiger partial charge on any atom is 0.258 e. The molecule has 1 amide bonds. The summed E-state index contributed by atoms with van der Waals surface area (Å²) in [6.45, 7) is 0. The van der Waals surface area contributed by atoms with Gasteiger partial charge in [0.2, 0.25) is 5.95 Å². The number of aromatic nitrogens is 2. The highest BCUT2D eigenvalue weighted by atomic mass is 35.5. The molecule has 0 atom stereocenters. The van der Waals surface area contributed by atoms with Crippen molar-refractivity contribution in [3.05, 3.63) is 77.3 Å². The van der Waals surface area contributed by atoms with E-state index < -0.39 is 0 Å². The second kappa shape index (κ2) is 7.06. The lowest BCUT2D eigenvalue weighted by Crippen LogP contribution is -2.13. The minimum Gasteiger partial charge on any atom is -0.324 e. The van der Waals surface area contributed by atoms with Crippen LogP contribution in [0, 0.1) is 5.82 Å². The Morgan fingerprint density at radius 3 is 2.38 bits per heavy atom. The molecule has 0 aliphatic heterocycles. The lowest BCUT2D eigenvalue weighted by molar-refractivity contribution is 0.102. The molecular weight excluding hydrogens is 331 g/mol. The van der Waals surface area contributed by atoms with Gasteiger partial charge in [-0.15, -0.1) is 0 Å². The molecule has 3 aromatic rings. The monoisotopic (exact) mass is 342 g/mol. The molecule has 0 fully saturated rings. The number of benzene rings is 2. The summed E-state index contributed by atoms with van der Waals surface area (Å²) in [5.74, 6) is -0.403.